The van der Waals surface area contributed by atoms with Gasteiger partial charge >= 0.3 is 5.97 Å². The van der Waals surface area contributed by atoms with Crippen molar-refractivity contribution in [2.75, 3.05) is 56.6 Å². The maximum Gasteiger partial charge on any atom is 0.338 e. The second-order valence-electron chi connectivity index (χ2n) is 12.6. The lowest BCUT2D eigenvalue weighted by molar-refractivity contribution is -0.131. The van der Waals surface area contributed by atoms with Gasteiger partial charge in [-0.25, -0.2) is 9.37 Å². The number of carbonyl (C=O) groups excluding carboxylic acids is 3. The third-order valence-corrected chi connectivity index (χ3v) is 8.97. The maximum absolute atomic E-state index is 13.6. The number of hydrogen-bond acceptors (Lipinski definition) is 8. The Hall–Kier alpha value is -5.64. The molecule has 0 radical (unpaired) electrons. The number of nitrogens with one attached hydrogen (secondary N) is 2. The Morgan fingerprint density at radius 3 is 2.16 bits per heavy atom. The topological polar surface area (TPSA) is 113 Å². The number of esters is 1. The fourth-order valence-corrected chi connectivity index (χ4v) is 6.13. The van der Waals surface area contributed by atoms with Crippen molar-refractivity contribution in [2.45, 2.75) is 67.9 Å². The zero-order valence-corrected chi connectivity index (χ0v) is 34.0. The minimum Gasteiger partial charge on any atom is -0.465 e. The van der Waals surface area contributed by atoms with Crippen LogP contribution in [0.15, 0.2) is 89.3 Å². The molecule has 10 nitrogen and oxygen atoms in total. The summed E-state index contributed by atoms with van der Waals surface area (Å²) in [6.45, 7) is 20.7. The molecule has 3 aromatic carbocycles. The van der Waals surface area contributed by atoms with E-state index in [1.54, 1.807) is 26.0 Å². The summed E-state index contributed by atoms with van der Waals surface area (Å²) in [7, 11) is 1.83. The van der Waals surface area contributed by atoms with E-state index in [1.807, 2.05) is 57.3 Å². The van der Waals surface area contributed by atoms with E-state index in [9.17, 15) is 14.4 Å². The summed E-state index contributed by atoms with van der Waals surface area (Å²) < 4.78 is 19.0. The van der Waals surface area contributed by atoms with Crippen LogP contribution in [-0.4, -0.2) is 70.8 Å². The fraction of sp³-hybridized carbons (Fsp3) is 0.378. The van der Waals surface area contributed by atoms with Crippen LogP contribution >= 0.6 is 0 Å². The largest absolute Gasteiger partial charge is 0.465 e. The fourth-order valence-electron chi connectivity index (χ4n) is 6.13. The van der Waals surface area contributed by atoms with Crippen LogP contribution in [0.2, 0.25) is 0 Å². The molecular formula is C45H59N4O6+. The number of fused-ring (bicyclic) bond motifs is 2. The first-order chi connectivity index (χ1) is 26.7. The van der Waals surface area contributed by atoms with Crippen LogP contribution in [0.4, 0.5) is 11.4 Å². The van der Waals surface area contributed by atoms with Gasteiger partial charge in [0.2, 0.25) is 5.36 Å². The Labute approximate surface area is 326 Å². The van der Waals surface area contributed by atoms with Gasteiger partial charge in [0.15, 0.2) is 0 Å². The molecule has 55 heavy (non-hydrogen) atoms. The number of amides is 1. The molecule has 0 saturated heterocycles. The van der Waals surface area contributed by atoms with Crippen LogP contribution in [0.1, 0.15) is 82.5 Å². The Morgan fingerprint density at radius 2 is 1.56 bits per heavy atom. The molecule has 0 bridgehead atoms. The second-order valence-corrected chi connectivity index (χ2v) is 12.6. The smallest absolute Gasteiger partial charge is 0.338 e. The van der Waals surface area contributed by atoms with E-state index < -0.39 is 5.97 Å². The lowest BCUT2D eigenvalue weighted by Gasteiger charge is -2.22. The highest BCUT2D eigenvalue weighted by Gasteiger charge is 2.23. The van der Waals surface area contributed by atoms with Gasteiger partial charge in [-0.3, -0.25) is 9.59 Å². The van der Waals surface area contributed by atoms with Gasteiger partial charge < -0.3 is 29.4 Å². The Balaban J connectivity index is 0.000000926. The second kappa shape index (κ2) is 22.5. The molecule has 1 heterocycles. The number of ether oxygens (including phenoxy) is 2. The lowest BCUT2D eigenvalue weighted by atomic mass is 9.90. The van der Waals surface area contributed by atoms with Crippen molar-refractivity contribution in [2.24, 2.45) is 0 Å². The van der Waals surface area contributed by atoms with Crippen molar-refractivity contribution in [3.05, 3.63) is 101 Å². The number of nitrogens with zero attached hydrogens (tertiary/aromatic N) is 2. The monoisotopic (exact) mass is 751 g/mol. The van der Waals surface area contributed by atoms with E-state index in [0.29, 0.717) is 30.6 Å². The minimum absolute atomic E-state index is 0.0301. The molecule has 10 heteroatoms. The van der Waals surface area contributed by atoms with E-state index in [1.165, 1.54) is 0 Å². The van der Waals surface area contributed by atoms with E-state index in [2.05, 4.69) is 88.9 Å². The number of carbonyl (C=O) groups is 3. The van der Waals surface area contributed by atoms with Crippen molar-refractivity contribution < 1.29 is 28.3 Å². The van der Waals surface area contributed by atoms with Crippen LogP contribution in [-0.2, 0) is 14.3 Å². The summed E-state index contributed by atoms with van der Waals surface area (Å²) in [5.41, 5.74) is 6.49. The van der Waals surface area contributed by atoms with Gasteiger partial charge in [0, 0.05) is 72.3 Å². The summed E-state index contributed by atoms with van der Waals surface area (Å²) in [5, 5.41) is 7.96. The average molecular weight is 752 g/mol. The molecule has 1 aliphatic carbocycles. The Kier molecular flexibility index (Phi) is 17.9. The van der Waals surface area contributed by atoms with Gasteiger partial charge in [-0.15, -0.1) is 0 Å². The molecule has 0 spiro atoms. The predicted molar refractivity (Wildman–Crippen MR) is 225 cm³/mol. The summed E-state index contributed by atoms with van der Waals surface area (Å²) in [5.74, 6) is 0.190. The highest BCUT2D eigenvalue weighted by atomic mass is 16.5. The molecule has 0 saturated carbocycles. The lowest BCUT2D eigenvalue weighted by Crippen LogP contribution is -2.29. The van der Waals surface area contributed by atoms with E-state index in [4.69, 9.17) is 9.15 Å². The molecule has 1 amide bonds. The molecule has 2 aliphatic rings. The molecule has 5 rings (SSSR count). The summed E-state index contributed by atoms with van der Waals surface area (Å²) in [6, 6.07) is 27.5. The molecule has 0 unspecified atom stereocenters. The SMILES string of the molecule is CC.CC(C)OC=O.CCN(CC)c1ccc2c(-c3ccccc3C(=O)OCCCNC(=O)c3ccc(NC)cc3)c3ccc(=[N+](CC)CC)cc-3oc2c1. The van der Waals surface area contributed by atoms with Crippen LogP contribution in [0.5, 0.6) is 0 Å². The molecule has 0 aromatic heterocycles. The van der Waals surface area contributed by atoms with Crippen LogP contribution in [0.3, 0.4) is 0 Å². The zero-order chi connectivity index (χ0) is 40.3. The number of rotatable bonds is 15. The number of anilines is 2. The van der Waals surface area contributed by atoms with Crippen molar-refractivity contribution in [3.8, 4) is 22.5 Å². The van der Waals surface area contributed by atoms with E-state index in [0.717, 1.165) is 76.3 Å². The molecule has 3 aromatic rings. The Bertz CT molecular complexity index is 2010. The highest BCUT2D eigenvalue weighted by molar-refractivity contribution is 6.08. The summed E-state index contributed by atoms with van der Waals surface area (Å²) in [6.07, 6.45) is 0.523. The first kappa shape index (κ1) is 43.8. The van der Waals surface area contributed by atoms with Gasteiger partial charge in [0.1, 0.15) is 24.4 Å². The van der Waals surface area contributed by atoms with E-state index in [-0.39, 0.29) is 18.6 Å². The first-order valence-corrected chi connectivity index (χ1v) is 19.4. The predicted octanol–water partition coefficient (Wildman–Crippen LogP) is 8.48. The van der Waals surface area contributed by atoms with Gasteiger partial charge in [-0.2, -0.15) is 0 Å². The average Bonchev–Trinajstić information content (AvgIpc) is 3.21. The van der Waals surface area contributed by atoms with Gasteiger partial charge in [0.05, 0.1) is 24.3 Å². The molecular weight excluding hydrogens is 693 g/mol. The van der Waals surface area contributed by atoms with Crippen molar-refractivity contribution in [1.82, 2.24) is 9.89 Å². The highest BCUT2D eigenvalue weighted by Crippen LogP contribution is 2.42. The first-order valence-electron chi connectivity index (χ1n) is 19.4. The standard InChI is InChI=1S/C39H44N4O4.C4H8O2.C2H6/c1-6-42(7-2)29-19-21-33-35(25-29)47-36-26-30(43(8-3)9-4)20-22-34(36)37(33)31-13-10-11-14-32(31)39(45)46-24-12-23-41-38(44)27-15-17-28(40-5)18-16-27;1-4(2)6-3-5;1-2/h10-11,13-22,25-26H,6-9,12,23-24H2,1-5H3,(H-,40,41,44);3-4H,1-2H3;1-2H3/p+1. The van der Waals surface area contributed by atoms with Crippen LogP contribution in [0, 0.1) is 0 Å². The van der Waals surface area contributed by atoms with Gasteiger partial charge in [0.25, 0.3) is 12.4 Å². The quantitative estimate of drug-likeness (QED) is 0.0360. The normalized spacial score (nSPS) is 10.4. The number of benzene rings is 4. The maximum atomic E-state index is 13.6. The molecule has 0 fully saturated rings. The number of hydrogen-bond donors (Lipinski definition) is 2. The van der Waals surface area contributed by atoms with Crippen molar-refractivity contribution in [1.29, 1.82) is 0 Å². The van der Waals surface area contributed by atoms with Crippen LogP contribution < -0.4 is 25.5 Å². The van der Waals surface area contributed by atoms with Crippen molar-refractivity contribution >= 4 is 40.7 Å². The minimum atomic E-state index is -0.406. The van der Waals surface area contributed by atoms with Gasteiger partial charge in [-0.05, 0) is 102 Å². The Morgan fingerprint density at radius 1 is 0.873 bits per heavy atom. The third-order valence-electron chi connectivity index (χ3n) is 8.97. The van der Waals surface area contributed by atoms with Gasteiger partial charge in [-0.1, -0.05) is 32.0 Å². The molecule has 0 atom stereocenters. The summed E-state index contributed by atoms with van der Waals surface area (Å²) in [4.78, 5) is 37.8. The molecule has 1 aliphatic heterocycles. The molecule has 294 valence electrons. The van der Waals surface area contributed by atoms with Crippen molar-refractivity contribution in [3.63, 3.8) is 0 Å². The third kappa shape index (κ3) is 11.7. The summed E-state index contributed by atoms with van der Waals surface area (Å²) >= 11 is 0. The zero-order valence-electron chi connectivity index (χ0n) is 34.0. The van der Waals surface area contributed by atoms with E-state index >= 15 is 0 Å². The molecule has 2 N–H and O–H groups in total. The van der Waals surface area contributed by atoms with Crippen LogP contribution in [0.25, 0.3) is 33.4 Å².